The first kappa shape index (κ1) is 33.2. The lowest BCUT2D eigenvalue weighted by molar-refractivity contribution is 0.101. The minimum absolute atomic E-state index is 0.262. The molecule has 3 aromatic rings. The molecule has 3 heterocycles. The number of aromatic amines is 2. The van der Waals surface area contributed by atoms with E-state index in [-0.39, 0.29) is 5.69 Å². The molecule has 0 unspecified atom stereocenters. The van der Waals surface area contributed by atoms with Gasteiger partial charge in [-0.15, -0.1) is 0 Å². The molecule has 0 saturated carbocycles. The first-order valence-electron chi connectivity index (χ1n) is 13.1. The number of nitrogens with zero attached hydrogens (tertiary/aromatic N) is 3. The summed E-state index contributed by atoms with van der Waals surface area (Å²) in [5, 5.41) is 8.83. The van der Waals surface area contributed by atoms with E-state index in [0.29, 0.717) is 11.5 Å². The summed E-state index contributed by atoms with van der Waals surface area (Å²) in [4.78, 5) is 21.2. The van der Waals surface area contributed by atoms with Crippen molar-refractivity contribution >= 4 is 11.6 Å². The molecule has 1 aliphatic rings. The van der Waals surface area contributed by atoms with Gasteiger partial charge in [0.2, 0.25) is 0 Å². The van der Waals surface area contributed by atoms with Crippen LogP contribution in [0.3, 0.4) is 0 Å². The third-order valence-electron chi connectivity index (χ3n) is 5.53. The second kappa shape index (κ2) is 18.5. The molecule has 39 heavy (non-hydrogen) atoms. The number of hydrogen-bond acceptors (Lipinski definition) is 5. The lowest BCUT2D eigenvalue weighted by Gasteiger charge is -2.21. The van der Waals surface area contributed by atoms with Crippen molar-refractivity contribution in [1.29, 1.82) is 0 Å². The average Bonchev–Trinajstić information content (AvgIpc) is 3.56. The normalized spacial score (nSPS) is 12.8. The SMILES string of the molecule is C/C=C(\C)N1CCCOCC1.CC.CC=C(C)C.O=C(Nc1cn[nH]c1-c1ncc[nH]1)c1c(F)cccc1F. The summed E-state index contributed by atoms with van der Waals surface area (Å²) in [5.74, 6) is -2.33. The third kappa shape index (κ3) is 11.2. The number of benzene rings is 1. The molecule has 0 aliphatic carbocycles. The van der Waals surface area contributed by atoms with Crippen molar-refractivity contribution in [3.63, 3.8) is 0 Å². The zero-order chi connectivity index (χ0) is 29.2. The van der Waals surface area contributed by atoms with Crippen LogP contribution >= 0.6 is 0 Å². The average molecular weight is 545 g/mol. The van der Waals surface area contributed by atoms with Gasteiger partial charge in [-0.3, -0.25) is 9.89 Å². The zero-order valence-corrected chi connectivity index (χ0v) is 24.1. The molecule has 4 rings (SSSR count). The van der Waals surface area contributed by atoms with Crippen LogP contribution in [0.15, 0.2) is 60.2 Å². The van der Waals surface area contributed by atoms with E-state index < -0.39 is 23.1 Å². The lowest BCUT2D eigenvalue weighted by Crippen LogP contribution is -2.24. The molecule has 1 amide bonds. The van der Waals surface area contributed by atoms with E-state index in [2.05, 4.69) is 70.2 Å². The van der Waals surface area contributed by atoms with Gasteiger partial charge >= 0.3 is 0 Å². The first-order valence-corrected chi connectivity index (χ1v) is 13.1. The van der Waals surface area contributed by atoms with E-state index in [9.17, 15) is 13.6 Å². The summed E-state index contributed by atoms with van der Waals surface area (Å²) in [7, 11) is 0. The Bertz CT molecular complexity index is 1140. The van der Waals surface area contributed by atoms with E-state index in [0.717, 1.165) is 44.9 Å². The number of nitrogens with one attached hydrogen (secondary N) is 3. The Morgan fingerprint density at radius 2 is 1.74 bits per heavy atom. The highest BCUT2D eigenvalue weighted by atomic mass is 19.1. The number of anilines is 1. The molecule has 0 atom stereocenters. The van der Waals surface area contributed by atoms with Gasteiger partial charge in [0, 0.05) is 37.8 Å². The van der Waals surface area contributed by atoms with E-state index in [1.54, 1.807) is 6.20 Å². The van der Waals surface area contributed by atoms with Crippen LogP contribution in [0, 0.1) is 11.6 Å². The Morgan fingerprint density at radius 1 is 1.08 bits per heavy atom. The maximum Gasteiger partial charge on any atom is 0.261 e. The molecule has 3 N–H and O–H groups in total. The fourth-order valence-electron chi connectivity index (χ4n) is 3.14. The van der Waals surface area contributed by atoms with Gasteiger partial charge in [-0.25, -0.2) is 13.8 Å². The Labute approximate surface area is 230 Å². The summed E-state index contributed by atoms with van der Waals surface area (Å²) in [6.45, 7) is 18.5. The van der Waals surface area contributed by atoms with Gasteiger partial charge in [-0.05, 0) is 53.2 Å². The molecule has 214 valence electrons. The van der Waals surface area contributed by atoms with Crippen molar-refractivity contribution in [3.8, 4) is 11.5 Å². The van der Waals surface area contributed by atoms with Crippen molar-refractivity contribution in [2.75, 3.05) is 31.6 Å². The maximum absolute atomic E-state index is 13.6. The van der Waals surface area contributed by atoms with Crippen LogP contribution in [0.2, 0.25) is 0 Å². The Hall–Kier alpha value is -3.79. The van der Waals surface area contributed by atoms with Crippen LogP contribution in [-0.4, -0.2) is 57.3 Å². The van der Waals surface area contributed by atoms with Crippen LogP contribution in [0.25, 0.3) is 11.5 Å². The second-order valence-electron chi connectivity index (χ2n) is 8.40. The molecule has 1 saturated heterocycles. The third-order valence-corrected chi connectivity index (χ3v) is 5.53. The lowest BCUT2D eigenvalue weighted by atomic mass is 10.2. The molecular formula is C29H42F2N6O2. The van der Waals surface area contributed by atoms with Crippen molar-refractivity contribution in [2.45, 2.75) is 54.9 Å². The van der Waals surface area contributed by atoms with Gasteiger partial charge in [0.15, 0.2) is 5.82 Å². The molecule has 0 spiro atoms. The highest BCUT2D eigenvalue weighted by molar-refractivity contribution is 6.06. The summed E-state index contributed by atoms with van der Waals surface area (Å²) >= 11 is 0. The Kier molecular flexibility index (Phi) is 15.7. The van der Waals surface area contributed by atoms with Crippen molar-refractivity contribution in [2.24, 2.45) is 0 Å². The fraction of sp³-hybridized carbons (Fsp3) is 0.414. The van der Waals surface area contributed by atoms with Crippen LogP contribution in [0.1, 0.15) is 65.2 Å². The van der Waals surface area contributed by atoms with Gasteiger partial charge in [-0.2, -0.15) is 5.10 Å². The van der Waals surface area contributed by atoms with Gasteiger partial charge in [0.1, 0.15) is 22.9 Å². The van der Waals surface area contributed by atoms with Crippen molar-refractivity contribution < 1.29 is 18.3 Å². The number of amides is 1. The molecule has 0 radical (unpaired) electrons. The van der Waals surface area contributed by atoms with Crippen LogP contribution < -0.4 is 5.32 Å². The van der Waals surface area contributed by atoms with E-state index in [1.165, 1.54) is 29.7 Å². The molecule has 1 fully saturated rings. The van der Waals surface area contributed by atoms with Gasteiger partial charge in [0.25, 0.3) is 5.91 Å². The predicted octanol–water partition coefficient (Wildman–Crippen LogP) is 6.96. The largest absolute Gasteiger partial charge is 0.380 e. The molecule has 1 aromatic carbocycles. The van der Waals surface area contributed by atoms with E-state index >= 15 is 0 Å². The van der Waals surface area contributed by atoms with E-state index in [1.807, 2.05) is 20.8 Å². The molecule has 1 aliphatic heterocycles. The minimum atomic E-state index is -0.935. The number of rotatable bonds is 4. The zero-order valence-electron chi connectivity index (χ0n) is 24.1. The number of carbonyl (C=O) groups is 1. The quantitative estimate of drug-likeness (QED) is 0.308. The van der Waals surface area contributed by atoms with E-state index in [4.69, 9.17) is 4.74 Å². The fourth-order valence-corrected chi connectivity index (χ4v) is 3.14. The Morgan fingerprint density at radius 3 is 2.31 bits per heavy atom. The highest BCUT2D eigenvalue weighted by Gasteiger charge is 2.19. The molecular weight excluding hydrogens is 502 g/mol. The minimum Gasteiger partial charge on any atom is -0.380 e. The number of ether oxygens (including phenoxy) is 1. The van der Waals surface area contributed by atoms with Crippen molar-refractivity contribution in [3.05, 3.63) is 77.4 Å². The van der Waals surface area contributed by atoms with Crippen molar-refractivity contribution in [1.82, 2.24) is 25.1 Å². The molecule has 8 nitrogen and oxygen atoms in total. The molecule has 10 heteroatoms. The van der Waals surface area contributed by atoms with Gasteiger partial charge < -0.3 is 19.9 Å². The van der Waals surface area contributed by atoms with Gasteiger partial charge in [0.05, 0.1) is 18.5 Å². The summed E-state index contributed by atoms with van der Waals surface area (Å²) in [6.07, 6.45) is 9.85. The number of hydrogen-bond donors (Lipinski definition) is 3. The van der Waals surface area contributed by atoms with Crippen LogP contribution in [-0.2, 0) is 4.74 Å². The summed E-state index contributed by atoms with van der Waals surface area (Å²) in [5.41, 5.74) is 2.77. The monoisotopic (exact) mass is 544 g/mol. The molecule has 2 aromatic heterocycles. The van der Waals surface area contributed by atoms with Gasteiger partial charge in [-0.1, -0.05) is 37.6 Å². The topological polar surface area (TPSA) is 98.9 Å². The number of halogens is 2. The highest BCUT2D eigenvalue weighted by Crippen LogP contribution is 2.23. The number of imidazole rings is 1. The number of carbonyl (C=O) groups excluding carboxylic acids is 1. The van der Waals surface area contributed by atoms with Crippen LogP contribution in [0.4, 0.5) is 14.5 Å². The summed E-state index contributed by atoms with van der Waals surface area (Å²) in [6, 6.07) is 3.22. The number of allylic oxidation sites excluding steroid dienone is 4. The van der Waals surface area contributed by atoms with Crippen LogP contribution in [0.5, 0.6) is 0 Å². The molecule has 0 bridgehead atoms. The first-order chi connectivity index (χ1) is 18.8. The second-order valence-corrected chi connectivity index (χ2v) is 8.40. The standard InChI is InChI=1S/C13H9F2N5O.C9H17NO.C5H10.C2H6/c14-7-2-1-3-8(15)10(7)13(21)19-9-6-18-20-11(9)12-16-4-5-17-12;1-3-9(2)10-5-4-7-11-8-6-10;1-4-5(2)3;1-2/h1-6H,(H,16,17)(H,18,20)(H,19,21);3H,4-8H2,1-2H3;4H,1-3H3;1-2H3/b;9-3+;;. The number of H-pyrrole nitrogens is 2. The number of aromatic nitrogens is 4. The Balaban J connectivity index is 0.000000354. The predicted molar refractivity (Wildman–Crippen MR) is 153 cm³/mol. The summed E-state index contributed by atoms with van der Waals surface area (Å²) < 4.78 is 32.5. The maximum atomic E-state index is 13.6. The smallest absolute Gasteiger partial charge is 0.261 e.